The maximum atomic E-state index is 12.5. The van der Waals surface area contributed by atoms with Gasteiger partial charge in [0.25, 0.3) is 5.56 Å². The third-order valence-electron chi connectivity index (χ3n) is 3.39. The summed E-state index contributed by atoms with van der Waals surface area (Å²) in [6.07, 6.45) is 1.41. The minimum Gasteiger partial charge on any atom is -0.462 e. The van der Waals surface area contributed by atoms with Gasteiger partial charge in [-0.15, -0.1) is 22.7 Å². The summed E-state index contributed by atoms with van der Waals surface area (Å²) in [5.41, 5.74) is 6.19. The Kier molecular flexibility index (Phi) is 4.33. The van der Waals surface area contributed by atoms with E-state index in [1.165, 1.54) is 22.2 Å². The molecule has 3 aromatic rings. The molecule has 3 aromatic heterocycles. The van der Waals surface area contributed by atoms with Gasteiger partial charge in [-0.1, -0.05) is 0 Å². The number of esters is 1. The fourth-order valence-electron chi connectivity index (χ4n) is 2.30. The van der Waals surface area contributed by atoms with E-state index in [1.54, 1.807) is 18.4 Å². The topological polar surface area (TPSA) is 111 Å². The van der Waals surface area contributed by atoms with Crippen LogP contribution in [-0.4, -0.2) is 22.1 Å². The Morgan fingerprint density at radius 1 is 1.54 bits per heavy atom. The van der Waals surface area contributed by atoms with Gasteiger partial charge in [-0.05, 0) is 18.4 Å². The highest BCUT2D eigenvalue weighted by Crippen LogP contribution is 2.31. The molecule has 0 amide bonds. The molecule has 0 aromatic carbocycles. The molecule has 122 valence electrons. The van der Waals surface area contributed by atoms with Gasteiger partial charge in [0.05, 0.1) is 30.4 Å². The van der Waals surface area contributed by atoms with Crippen molar-refractivity contribution < 1.29 is 9.53 Å². The van der Waals surface area contributed by atoms with Crippen LogP contribution in [0, 0.1) is 11.3 Å². The number of nitriles is 1. The number of ether oxygens (including phenoxy) is 1. The minimum atomic E-state index is -0.552. The number of hydrogen-bond donors (Lipinski definition) is 1. The molecule has 0 aliphatic heterocycles. The zero-order valence-electron chi connectivity index (χ0n) is 12.6. The highest BCUT2D eigenvalue weighted by molar-refractivity contribution is 7.18. The third-order valence-corrected chi connectivity index (χ3v) is 5.25. The molecule has 0 fully saturated rings. The average molecular weight is 360 g/mol. The Morgan fingerprint density at radius 2 is 2.33 bits per heavy atom. The van der Waals surface area contributed by atoms with Gasteiger partial charge < -0.3 is 10.5 Å². The molecule has 0 radical (unpaired) electrons. The van der Waals surface area contributed by atoms with Crippen LogP contribution in [0.3, 0.4) is 0 Å². The van der Waals surface area contributed by atoms with Crippen LogP contribution in [0.4, 0.5) is 5.00 Å². The highest BCUT2D eigenvalue weighted by atomic mass is 32.1. The van der Waals surface area contributed by atoms with Crippen LogP contribution in [-0.2, 0) is 11.3 Å². The Balaban J connectivity index is 2.11. The van der Waals surface area contributed by atoms with Crippen molar-refractivity contribution in [2.45, 2.75) is 13.5 Å². The first-order valence-corrected chi connectivity index (χ1v) is 8.67. The lowest BCUT2D eigenvalue weighted by Gasteiger charge is -2.07. The van der Waals surface area contributed by atoms with Crippen molar-refractivity contribution in [3.05, 3.63) is 44.1 Å². The predicted molar refractivity (Wildman–Crippen MR) is 92.4 cm³/mol. The van der Waals surface area contributed by atoms with E-state index in [9.17, 15) is 14.9 Å². The van der Waals surface area contributed by atoms with E-state index in [2.05, 4.69) is 4.98 Å². The Bertz CT molecular complexity index is 1030. The van der Waals surface area contributed by atoms with E-state index in [1.807, 2.05) is 6.07 Å². The third kappa shape index (κ3) is 2.66. The number of hydrogen-bond acceptors (Lipinski definition) is 8. The minimum absolute atomic E-state index is 0.0301. The summed E-state index contributed by atoms with van der Waals surface area (Å²) in [4.78, 5) is 29.7. The molecule has 2 N–H and O–H groups in total. The maximum Gasteiger partial charge on any atom is 0.348 e. The van der Waals surface area contributed by atoms with Crippen LogP contribution in [0.1, 0.15) is 27.7 Å². The molecule has 24 heavy (non-hydrogen) atoms. The molecule has 0 saturated heterocycles. The van der Waals surface area contributed by atoms with Gasteiger partial charge in [0, 0.05) is 5.56 Å². The normalized spacial score (nSPS) is 10.7. The summed E-state index contributed by atoms with van der Waals surface area (Å²) in [7, 11) is 0. The van der Waals surface area contributed by atoms with Gasteiger partial charge in [0.1, 0.15) is 20.8 Å². The number of nitrogens with two attached hydrogens (primary N) is 1. The summed E-state index contributed by atoms with van der Waals surface area (Å²) in [5.74, 6) is -0.552. The second-order valence-electron chi connectivity index (χ2n) is 4.80. The summed E-state index contributed by atoms with van der Waals surface area (Å²) in [6.45, 7) is 1.93. The van der Waals surface area contributed by atoms with Crippen molar-refractivity contribution in [1.29, 1.82) is 5.26 Å². The standard InChI is InChI=1S/C15H12N4O3S2/c1-2-22-15(21)11-10(9(5-16)12(17)24-11)6-19-7-18-13-8(14(19)20)3-4-23-13/h3-4,7H,2,6,17H2,1H3. The first-order chi connectivity index (χ1) is 11.6. The van der Waals surface area contributed by atoms with Crippen molar-refractivity contribution in [3.8, 4) is 6.07 Å². The number of nitrogen functional groups attached to an aromatic ring is 1. The van der Waals surface area contributed by atoms with Crippen LogP contribution in [0.5, 0.6) is 0 Å². The summed E-state index contributed by atoms with van der Waals surface area (Å²) in [5, 5.41) is 11.9. The van der Waals surface area contributed by atoms with Crippen molar-refractivity contribution in [1.82, 2.24) is 9.55 Å². The molecule has 3 rings (SSSR count). The van der Waals surface area contributed by atoms with Gasteiger partial charge in [0.15, 0.2) is 0 Å². The molecule has 7 nitrogen and oxygen atoms in total. The zero-order chi connectivity index (χ0) is 17.3. The Hall–Kier alpha value is -2.70. The SMILES string of the molecule is CCOC(=O)c1sc(N)c(C#N)c1Cn1cnc2sccc2c1=O. The quantitative estimate of drug-likeness (QED) is 0.714. The summed E-state index contributed by atoms with van der Waals surface area (Å²) >= 11 is 2.37. The van der Waals surface area contributed by atoms with Gasteiger partial charge in [-0.3, -0.25) is 9.36 Å². The van der Waals surface area contributed by atoms with E-state index in [0.29, 0.717) is 15.8 Å². The number of aromatic nitrogens is 2. The van der Waals surface area contributed by atoms with E-state index in [4.69, 9.17) is 10.5 Å². The molecular weight excluding hydrogens is 348 g/mol. The Labute approximate surface area is 144 Å². The number of anilines is 1. The molecule has 0 atom stereocenters. The van der Waals surface area contributed by atoms with Gasteiger partial charge in [-0.25, -0.2) is 9.78 Å². The van der Waals surface area contributed by atoms with E-state index in [-0.39, 0.29) is 34.2 Å². The van der Waals surface area contributed by atoms with Crippen molar-refractivity contribution in [3.63, 3.8) is 0 Å². The average Bonchev–Trinajstić information content (AvgIpc) is 3.15. The van der Waals surface area contributed by atoms with Crippen LogP contribution in [0.2, 0.25) is 0 Å². The van der Waals surface area contributed by atoms with Crippen molar-refractivity contribution >= 4 is 43.9 Å². The lowest BCUT2D eigenvalue weighted by atomic mass is 10.1. The fourth-order valence-corrected chi connectivity index (χ4v) is 3.94. The van der Waals surface area contributed by atoms with Crippen LogP contribution >= 0.6 is 22.7 Å². The number of fused-ring (bicyclic) bond motifs is 1. The molecular formula is C15H12N4O3S2. The number of thiophene rings is 2. The van der Waals surface area contributed by atoms with Crippen molar-refractivity contribution in [2.24, 2.45) is 0 Å². The molecule has 3 heterocycles. The second-order valence-corrected chi connectivity index (χ2v) is 6.75. The monoisotopic (exact) mass is 360 g/mol. The molecule has 0 unspecified atom stereocenters. The molecule has 0 saturated carbocycles. The first kappa shape index (κ1) is 16.2. The molecule has 0 aliphatic rings. The predicted octanol–water partition coefficient (Wildman–Crippen LogP) is 2.20. The lowest BCUT2D eigenvalue weighted by molar-refractivity contribution is 0.0531. The van der Waals surface area contributed by atoms with Crippen molar-refractivity contribution in [2.75, 3.05) is 12.3 Å². The van der Waals surface area contributed by atoms with Crippen LogP contribution in [0.15, 0.2) is 22.6 Å². The summed E-state index contributed by atoms with van der Waals surface area (Å²) in [6, 6.07) is 3.70. The number of carbonyl (C=O) groups excluding carboxylic acids is 1. The summed E-state index contributed by atoms with van der Waals surface area (Å²) < 4.78 is 6.37. The first-order valence-electron chi connectivity index (χ1n) is 6.97. The molecule has 0 aliphatic carbocycles. The molecule has 0 spiro atoms. The van der Waals surface area contributed by atoms with E-state index >= 15 is 0 Å². The second kappa shape index (κ2) is 6.43. The number of rotatable bonds is 4. The maximum absolute atomic E-state index is 12.5. The number of nitrogens with zero attached hydrogens (tertiary/aromatic N) is 3. The largest absolute Gasteiger partial charge is 0.462 e. The van der Waals surface area contributed by atoms with Crippen LogP contribution in [0.25, 0.3) is 10.2 Å². The Morgan fingerprint density at radius 3 is 3.04 bits per heavy atom. The van der Waals surface area contributed by atoms with Gasteiger partial charge in [-0.2, -0.15) is 5.26 Å². The fraction of sp³-hybridized carbons (Fsp3) is 0.200. The van der Waals surface area contributed by atoms with Gasteiger partial charge in [0.2, 0.25) is 0 Å². The lowest BCUT2D eigenvalue weighted by Crippen LogP contribution is -2.21. The smallest absolute Gasteiger partial charge is 0.348 e. The van der Waals surface area contributed by atoms with Gasteiger partial charge >= 0.3 is 5.97 Å². The van der Waals surface area contributed by atoms with Crippen LogP contribution < -0.4 is 11.3 Å². The molecule has 0 bridgehead atoms. The highest BCUT2D eigenvalue weighted by Gasteiger charge is 2.23. The molecule has 9 heteroatoms. The van der Waals surface area contributed by atoms with E-state index in [0.717, 1.165) is 11.3 Å². The zero-order valence-corrected chi connectivity index (χ0v) is 14.2. The number of carbonyl (C=O) groups is 1. The van der Waals surface area contributed by atoms with E-state index < -0.39 is 5.97 Å².